The molecule has 1 aliphatic heterocycles. The van der Waals surface area contributed by atoms with Crippen LogP contribution in [0, 0.1) is 15.9 Å². The summed E-state index contributed by atoms with van der Waals surface area (Å²) in [4.78, 5) is 25.5. The predicted octanol–water partition coefficient (Wildman–Crippen LogP) is 1.79. The van der Waals surface area contributed by atoms with Crippen LogP contribution in [0.4, 0.5) is 15.8 Å². The van der Waals surface area contributed by atoms with E-state index in [2.05, 4.69) is 0 Å². The summed E-state index contributed by atoms with van der Waals surface area (Å²) >= 11 is 0. The number of likely N-dealkylation sites (N-methyl/N-ethyl adjacent to an activating group) is 1. The number of carbonyl (C=O) groups is 1. The highest BCUT2D eigenvalue weighted by atomic mass is 19.1. The predicted molar refractivity (Wildman–Crippen MR) is 72.1 cm³/mol. The van der Waals surface area contributed by atoms with Crippen molar-refractivity contribution in [1.82, 2.24) is 4.90 Å². The van der Waals surface area contributed by atoms with Crippen molar-refractivity contribution in [3.8, 4) is 0 Å². The number of nitro benzene ring substituents is 1. The normalized spacial score (nSPS) is 18.1. The van der Waals surface area contributed by atoms with E-state index in [-0.39, 0.29) is 11.6 Å². The third-order valence-corrected chi connectivity index (χ3v) is 3.44. The Morgan fingerprint density at radius 3 is 2.80 bits per heavy atom. The molecule has 20 heavy (non-hydrogen) atoms. The average Bonchev–Trinajstić information content (AvgIpc) is 2.85. The third-order valence-electron chi connectivity index (χ3n) is 3.44. The molecule has 1 heterocycles. The van der Waals surface area contributed by atoms with E-state index < -0.39 is 22.5 Å². The highest BCUT2D eigenvalue weighted by molar-refractivity contribution is 5.86. The highest BCUT2D eigenvalue weighted by Crippen LogP contribution is 2.35. The van der Waals surface area contributed by atoms with Crippen LogP contribution in [0.15, 0.2) is 18.2 Å². The fourth-order valence-electron chi connectivity index (χ4n) is 2.53. The van der Waals surface area contributed by atoms with Crippen molar-refractivity contribution in [2.45, 2.75) is 18.9 Å². The quantitative estimate of drug-likeness (QED) is 0.626. The van der Waals surface area contributed by atoms with Crippen LogP contribution in [0.1, 0.15) is 12.8 Å². The first-order valence-corrected chi connectivity index (χ1v) is 6.34. The Bertz CT molecular complexity index is 548. The van der Waals surface area contributed by atoms with Gasteiger partial charge in [-0.25, -0.2) is 0 Å². The fraction of sp³-hybridized carbons (Fsp3) is 0.462. The number of benzene rings is 1. The Kier molecular flexibility index (Phi) is 3.87. The molecule has 108 valence electrons. The number of para-hydroxylation sites is 1. The first-order chi connectivity index (χ1) is 9.43. The van der Waals surface area contributed by atoms with Crippen molar-refractivity contribution in [2.75, 3.05) is 25.5 Å². The molecule has 1 aromatic carbocycles. The molecule has 1 aromatic rings. The first kappa shape index (κ1) is 14.2. The minimum atomic E-state index is -0.879. The maximum Gasteiger partial charge on any atom is 0.327 e. The maximum absolute atomic E-state index is 13.7. The SMILES string of the molecule is CN(C)C(=O)C1CCCN1c1cccc(F)c1[N+](=O)[O-]. The van der Waals surface area contributed by atoms with E-state index in [1.165, 1.54) is 17.0 Å². The molecule has 1 amide bonds. The topological polar surface area (TPSA) is 66.7 Å². The van der Waals surface area contributed by atoms with Gasteiger partial charge < -0.3 is 9.80 Å². The molecular formula is C13H16FN3O3. The van der Waals surface area contributed by atoms with Gasteiger partial charge in [0.25, 0.3) is 0 Å². The Balaban J connectivity index is 2.43. The molecule has 2 rings (SSSR count). The zero-order valence-corrected chi connectivity index (χ0v) is 11.4. The van der Waals surface area contributed by atoms with E-state index >= 15 is 0 Å². The summed E-state index contributed by atoms with van der Waals surface area (Å²) in [6.45, 7) is 0.508. The number of carbonyl (C=O) groups excluding carboxylic acids is 1. The van der Waals surface area contributed by atoms with Gasteiger partial charge in [0.05, 0.1) is 4.92 Å². The van der Waals surface area contributed by atoms with Crippen LogP contribution in [-0.2, 0) is 4.79 Å². The molecule has 1 unspecified atom stereocenters. The minimum Gasteiger partial charge on any atom is -0.354 e. The number of hydrogen-bond donors (Lipinski definition) is 0. The molecule has 1 atom stereocenters. The number of anilines is 1. The molecule has 7 heteroatoms. The van der Waals surface area contributed by atoms with Gasteiger partial charge in [-0.15, -0.1) is 0 Å². The minimum absolute atomic E-state index is 0.124. The van der Waals surface area contributed by atoms with Crippen LogP contribution in [0.25, 0.3) is 0 Å². The monoisotopic (exact) mass is 281 g/mol. The van der Waals surface area contributed by atoms with Gasteiger partial charge in [-0.2, -0.15) is 4.39 Å². The van der Waals surface area contributed by atoms with Crippen LogP contribution in [-0.4, -0.2) is 42.4 Å². The van der Waals surface area contributed by atoms with Crippen molar-refractivity contribution >= 4 is 17.3 Å². The molecule has 0 spiro atoms. The summed E-state index contributed by atoms with van der Waals surface area (Å²) in [5, 5.41) is 11.1. The van der Waals surface area contributed by atoms with E-state index in [1.54, 1.807) is 19.0 Å². The summed E-state index contributed by atoms with van der Waals surface area (Å²) in [6.07, 6.45) is 1.36. The smallest absolute Gasteiger partial charge is 0.327 e. The fourth-order valence-corrected chi connectivity index (χ4v) is 2.53. The lowest BCUT2D eigenvalue weighted by Gasteiger charge is -2.27. The number of rotatable bonds is 3. The molecule has 0 aliphatic carbocycles. The van der Waals surface area contributed by atoms with Gasteiger partial charge in [-0.05, 0) is 25.0 Å². The van der Waals surface area contributed by atoms with Gasteiger partial charge >= 0.3 is 5.69 Å². The Morgan fingerprint density at radius 2 is 2.20 bits per heavy atom. The van der Waals surface area contributed by atoms with E-state index in [1.807, 2.05) is 0 Å². The molecule has 1 aliphatic rings. The van der Waals surface area contributed by atoms with Gasteiger partial charge in [0.1, 0.15) is 11.7 Å². The Morgan fingerprint density at radius 1 is 1.50 bits per heavy atom. The number of nitro groups is 1. The van der Waals surface area contributed by atoms with Gasteiger partial charge in [-0.3, -0.25) is 14.9 Å². The largest absolute Gasteiger partial charge is 0.354 e. The average molecular weight is 281 g/mol. The molecule has 0 radical (unpaired) electrons. The van der Waals surface area contributed by atoms with Crippen LogP contribution >= 0.6 is 0 Å². The highest BCUT2D eigenvalue weighted by Gasteiger charge is 2.36. The van der Waals surface area contributed by atoms with E-state index in [0.29, 0.717) is 13.0 Å². The summed E-state index contributed by atoms with van der Waals surface area (Å²) < 4.78 is 13.7. The van der Waals surface area contributed by atoms with Crippen LogP contribution in [0.3, 0.4) is 0 Å². The van der Waals surface area contributed by atoms with Gasteiger partial charge in [0, 0.05) is 20.6 Å². The number of hydrogen-bond acceptors (Lipinski definition) is 4. The van der Waals surface area contributed by atoms with E-state index in [4.69, 9.17) is 0 Å². The second-order valence-electron chi connectivity index (χ2n) is 4.95. The molecule has 0 N–H and O–H groups in total. The summed E-state index contributed by atoms with van der Waals surface area (Å²) in [5.74, 6) is -1.00. The lowest BCUT2D eigenvalue weighted by molar-refractivity contribution is -0.386. The number of amides is 1. The van der Waals surface area contributed by atoms with E-state index in [9.17, 15) is 19.3 Å². The van der Waals surface area contributed by atoms with Crippen LogP contribution < -0.4 is 4.90 Å². The standard InChI is InChI=1S/C13H16FN3O3/c1-15(2)13(18)11-7-4-8-16(11)10-6-3-5-9(14)12(10)17(19)20/h3,5-6,11H,4,7-8H2,1-2H3. The van der Waals surface area contributed by atoms with Crippen molar-refractivity contribution in [3.63, 3.8) is 0 Å². The Hall–Kier alpha value is -2.18. The zero-order valence-electron chi connectivity index (χ0n) is 11.4. The summed E-state index contributed by atoms with van der Waals surface area (Å²) in [5.41, 5.74) is -0.390. The third kappa shape index (κ3) is 2.43. The second-order valence-corrected chi connectivity index (χ2v) is 4.95. The molecule has 1 fully saturated rings. The molecule has 6 nitrogen and oxygen atoms in total. The maximum atomic E-state index is 13.7. The molecule has 1 saturated heterocycles. The van der Waals surface area contributed by atoms with Crippen LogP contribution in [0.5, 0.6) is 0 Å². The van der Waals surface area contributed by atoms with Gasteiger partial charge in [0.15, 0.2) is 0 Å². The van der Waals surface area contributed by atoms with Gasteiger partial charge in [-0.1, -0.05) is 6.07 Å². The molecular weight excluding hydrogens is 265 g/mol. The van der Waals surface area contributed by atoms with Crippen molar-refractivity contribution in [2.24, 2.45) is 0 Å². The summed E-state index contributed by atoms with van der Waals surface area (Å²) in [6, 6.07) is 3.50. The zero-order chi connectivity index (χ0) is 14.9. The lowest BCUT2D eigenvalue weighted by atomic mass is 10.1. The number of halogens is 1. The van der Waals surface area contributed by atoms with Crippen molar-refractivity contribution in [1.29, 1.82) is 0 Å². The molecule has 0 aromatic heterocycles. The van der Waals surface area contributed by atoms with Crippen LogP contribution in [0.2, 0.25) is 0 Å². The van der Waals surface area contributed by atoms with E-state index in [0.717, 1.165) is 12.5 Å². The summed E-state index contributed by atoms with van der Waals surface area (Å²) in [7, 11) is 3.28. The second kappa shape index (κ2) is 5.44. The lowest BCUT2D eigenvalue weighted by Crippen LogP contribution is -2.43. The van der Waals surface area contributed by atoms with Crippen molar-refractivity contribution in [3.05, 3.63) is 34.1 Å². The first-order valence-electron chi connectivity index (χ1n) is 6.34. The Labute approximate surface area is 115 Å². The van der Waals surface area contributed by atoms with Crippen molar-refractivity contribution < 1.29 is 14.1 Å². The molecule has 0 saturated carbocycles. The van der Waals surface area contributed by atoms with Gasteiger partial charge in [0.2, 0.25) is 11.7 Å². The number of nitrogens with zero attached hydrogens (tertiary/aromatic N) is 3. The molecule has 0 bridgehead atoms.